The van der Waals surface area contributed by atoms with Crippen molar-refractivity contribution in [2.45, 2.75) is 19.8 Å². The van der Waals surface area contributed by atoms with Crippen molar-refractivity contribution in [3.05, 3.63) is 29.8 Å². The van der Waals surface area contributed by atoms with E-state index in [9.17, 15) is 18.4 Å². The zero-order valence-corrected chi connectivity index (χ0v) is 12.7. The molecule has 0 spiro atoms. The van der Waals surface area contributed by atoms with E-state index in [-0.39, 0.29) is 44.3 Å². The minimum Gasteiger partial charge on any atom is -0.478 e. The second-order valence-corrected chi connectivity index (χ2v) is 4.30. The van der Waals surface area contributed by atoms with Crippen LogP contribution in [-0.2, 0) is 14.3 Å². The van der Waals surface area contributed by atoms with Crippen LogP contribution in [0.3, 0.4) is 0 Å². The van der Waals surface area contributed by atoms with E-state index in [0.29, 0.717) is 6.07 Å². The topological polar surface area (TPSA) is 64.6 Å². The molecule has 0 aliphatic heterocycles. The second kappa shape index (κ2) is 10.2. The Labute approximate surface area is 133 Å². The number of amides is 1. The fourth-order valence-electron chi connectivity index (χ4n) is 1.50. The normalized spacial score (nSPS) is 9.52. The third-order valence-electron chi connectivity index (χ3n) is 2.55. The molecule has 0 saturated carbocycles. The molecule has 1 rings (SSSR count). The van der Waals surface area contributed by atoms with Gasteiger partial charge in [0.25, 0.3) is 0 Å². The minimum absolute atomic E-state index is 0.0139. The lowest BCUT2D eigenvalue weighted by Crippen LogP contribution is -2.24. The van der Waals surface area contributed by atoms with Crippen LogP contribution in [0.1, 0.15) is 19.8 Å². The first-order chi connectivity index (χ1) is 11.0. The van der Waals surface area contributed by atoms with Gasteiger partial charge < -0.3 is 14.8 Å². The molecule has 1 N–H and O–H groups in total. The van der Waals surface area contributed by atoms with Crippen LogP contribution in [0.4, 0.5) is 8.78 Å². The maximum Gasteiger partial charge on any atom is 0.306 e. The van der Waals surface area contributed by atoms with Crippen LogP contribution in [0.2, 0.25) is 0 Å². The van der Waals surface area contributed by atoms with Gasteiger partial charge in [0.05, 0.1) is 19.6 Å². The van der Waals surface area contributed by atoms with E-state index in [1.54, 1.807) is 6.92 Å². The molecule has 1 amide bonds. The first kappa shape index (κ1) is 18.4. The third-order valence-corrected chi connectivity index (χ3v) is 2.55. The summed E-state index contributed by atoms with van der Waals surface area (Å²) >= 11 is 0. The molecule has 7 heteroatoms. The SMILES string of the molecule is CCOC(=O)CCC(=O)NCC#CCOc1ccc(F)cc1F. The summed E-state index contributed by atoms with van der Waals surface area (Å²) in [7, 11) is 0. The average molecular weight is 325 g/mol. The van der Waals surface area contributed by atoms with Crippen LogP contribution in [-0.4, -0.2) is 31.6 Å². The summed E-state index contributed by atoms with van der Waals surface area (Å²) in [6.07, 6.45) is 0.0395. The van der Waals surface area contributed by atoms with E-state index in [0.717, 1.165) is 6.07 Å². The summed E-state index contributed by atoms with van der Waals surface area (Å²) in [5.74, 6) is 2.85. The van der Waals surface area contributed by atoms with Gasteiger partial charge >= 0.3 is 5.97 Å². The molecule has 0 heterocycles. The Morgan fingerprint density at radius 3 is 2.70 bits per heavy atom. The second-order valence-electron chi connectivity index (χ2n) is 4.30. The zero-order chi connectivity index (χ0) is 17.1. The quantitative estimate of drug-likeness (QED) is 0.613. The lowest BCUT2D eigenvalue weighted by atomic mass is 10.3. The number of carbonyl (C=O) groups is 2. The number of hydrogen-bond acceptors (Lipinski definition) is 4. The highest BCUT2D eigenvalue weighted by Gasteiger charge is 2.06. The van der Waals surface area contributed by atoms with E-state index in [4.69, 9.17) is 9.47 Å². The number of carbonyl (C=O) groups excluding carboxylic acids is 2. The van der Waals surface area contributed by atoms with Gasteiger partial charge in [-0.3, -0.25) is 9.59 Å². The molecule has 5 nitrogen and oxygen atoms in total. The summed E-state index contributed by atoms with van der Waals surface area (Å²) in [6, 6.07) is 2.96. The third kappa shape index (κ3) is 7.81. The number of benzene rings is 1. The van der Waals surface area contributed by atoms with Gasteiger partial charge in [0.2, 0.25) is 5.91 Å². The highest BCUT2D eigenvalue weighted by Crippen LogP contribution is 2.17. The molecular weight excluding hydrogens is 308 g/mol. The van der Waals surface area contributed by atoms with E-state index < -0.39 is 17.6 Å². The first-order valence-electron chi connectivity index (χ1n) is 6.98. The minimum atomic E-state index is -0.806. The summed E-state index contributed by atoms with van der Waals surface area (Å²) in [5.41, 5.74) is 0. The van der Waals surface area contributed by atoms with Crippen LogP contribution in [0, 0.1) is 23.5 Å². The lowest BCUT2D eigenvalue weighted by molar-refractivity contribution is -0.144. The predicted molar refractivity (Wildman–Crippen MR) is 78.5 cm³/mol. The lowest BCUT2D eigenvalue weighted by Gasteiger charge is -2.03. The number of rotatable bonds is 7. The molecule has 23 heavy (non-hydrogen) atoms. The fraction of sp³-hybridized carbons (Fsp3) is 0.375. The summed E-state index contributed by atoms with van der Waals surface area (Å²) in [5, 5.41) is 2.50. The largest absolute Gasteiger partial charge is 0.478 e. The van der Waals surface area contributed by atoms with Crippen molar-refractivity contribution in [3.8, 4) is 17.6 Å². The monoisotopic (exact) mass is 325 g/mol. The maximum absolute atomic E-state index is 13.2. The Balaban J connectivity index is 2.20. The van der Waals surface area contributed by atoms with Gasteiger partial charge in [-0.25, -0.2) is 8.78 Å². The van der Waals surface area contributed by atoms with E-state index in [1.165, 1.54) is 6.07 Å². The highest BCUT2D eigenvalue weighted by atomic mass is 19.1. The number of esters is 1. The molecule has 0 atom stereocenters. The van der Waals surface area contributed by atoms with E-state index in [1.807, 2.05) is 0 Å². The molecule has 0 saturated heterocycles. The van der Waals surface area contributed by atoms with Crippen molar-refractivity contribution >= 4 is 11.9 Å². The van der Waals surface area contributed by atoms with Crippen LogP contribution in [0.25, 0.3) is 0 Å². The molecule has 124 valence electrons. The molecule has 0 fully saturated rings. The van der Waals surface area contributed by atoms with Crippen molar-refractivity contribution < 1.29 is 27.8 Å². The van der Waals surface area contributed by atoms with Gasteiger partial charge in [0.1, 0.15) is 12.4 Å². The molecule has 0 bridgehead atoms. The molecule has 0 aliphatic rings. The Kier molecular flexibility index (Phi) is 8.14. The van der Waals surface area contributed by atoms with Crippen LogP contribution < -0.4 is 10.1 Å². The summed E-state index contributed by atoms with van der Waals surface area (Å²) in [6.45, 7) is 1.95. The molecule has 0 aromatic heterocycles. The number of nitrogens with one attached hydrogen (secondary N) is 1. The predicted octanol–water partition coefficient (Wildman–Crippen LogP) is 1.81. The van der Waals surface area contributed by atoms with Gasteiger partial charge in [-0.05, 0) is 19.1 Å². The Hall–Kier alpha value is -2.62. The standard InChI is InChI=1S/C16H17F2NO4/c1-2-22-16(21)8-7-15(20)19-9-3-4-10-23-14-6-5-12(17)11-13(14)18/h5-6,11H,2,7-10H2,1H3,(H,19,20). The average Bonchev–Trinajstić information content (AvgIpc) is 2.50. The van der Waals surface area contributed by atoms with Crippen molar-refractivity contribution in [1.29, 1.82) is 0 Å². The number of hydrogen-bond donors (Lipinski definition) is 1. The van der Waals surface area contributed by atoms with Crippen molar-refractivity contribution in [1.82, 2.24) is 5.32 Å². The Morgan fingerprint density at radius 1 is 1.22 bits per heavy atom. The number of halogens is 2. The smallest absolute Gasteiger partial charge is 0.306 e. The van der Waals surface area contributed by atoms with Crippen molar-refractivity contribution in [2.75, 3.05) is 19.8 Å². The first-order valence-corrected chi connectivity index (χ1v) is 6.98. The van der Waals surface area contributed by atoms with E-state index >= 15 is 0 Å². The summed E-state index contributed by atoms with van der Waals surface area (Å²) in [4.78, 5) is 22.4. The van der Waals surface area contributed by atoms with Crippen LogP contribution >= 0.6 is 0 Å². The molecule has 1 aromatic carbocycles. The van der Waals surface area contributed by atoms with Crippen LogP contribution in [0.5, 0.6) is 5.75 Å². The van der Waals surface area contributed by atoms with Gasteiger partial charge in [-0.15, -0.1) is 0 Å². The van der Waals surface area contributed by atoms with Gasteiger partial charge in [0.15, 0.2) is 11.6 Å². The highest BCUT2D eigenvalue weighted by molar-refractivity contribution is 5.81. The molecule has 0 aliphatic carbocycles. The Morgan fingerprint density at radius 2 is 2.00 bits per heavy atom. The van der Waals surface area contributed by atoms with Crippen LogP contribution in [0.15, 0.2) is 18.2 Å². The molecule has 0 radical (unpaired) electrons. The summed E-state index contributed by atoms with van der Waals surface area (Å²) < 4.78 is 35.6. The maximum atomic E-state index is 13.2. The van der Waals surface area contributed by atoms with Gasteiger partial charge in [0, 0.05) is 12.5 Å². The van der Waals surface area contributed by atoms with Crippen molar-refractivity contribution in [2.24, 2.45) is 0 Å². The molecule has 0 unspecified atom stereocenters. The van der Waals surface area contributed by atoms with Gasteiger partial charge in [-0.1, -0.05) is 11.8 Å². The molecule has 1 aromatic rings. The Bertz CT molecular complexity index is 608. The van der Waals surface area contributed by atoms with Crippen molar-refractivity contribution in [3.63, 3.8) is 0 Å². The van der Waals surface area contributed by atoms with Gasteiger partial charge in [-0.2, -0.15) is 0 Å². The zero-order valence-electron chi connectivity index (χ0n) is 12.7. The molecular formula is C16H17F2NO4. The van der Waals surface area contributed by atoms with E-state index in [2.05, 4.69) is 17.2 Å². The number of ether oxygens (including phenoxy) is 2. The fourth-order valence-corrected chi connectivity index (χ4v) is 1.50.